The lowest BCUT2D eigenvalue weighted by atomic mass is 9.92. The Morgan fingerprint density at radius 3 is 2.66 bits per heavy atom. The third-order valence-corrected chi connectivity index (χ3v) is 5.27. The van der Waals surface area contributed by atoms with E-state index in [1.165, 1.54) is 5.56 Å². The summed E-state index contributed by atoms with van der Waals surface area (Å²) in [6.45, 7) is 10.9. The quantitative estimate of drug-likeness (QED) is 0.558. The van der Waals surface area contributed by atoms with Gasteiger partial charge in [-0.25, -0.2) is 0 Å². The number of aromatic nitrogens is 1. The van der Waals surface area contributed by atoms with Gasteiger partial charge in [-0.15, -0.1) is 0 Å². The maximum absolute atomic E-state index is 11.9. The molecule has 158 valence electrons. The Kier molecular flexibility index (Phi) is 9.77. The van der Waals surface area contributed by atoms with E-state index in [4.69, 9.17) is 5.73 Å². The van der Waals surface area contributed by atoms with E-state index in [9.17, 15) is 9.90 Å². The Morgan fingerprint density at radius 2 is 2.07 bits per heavy atom. The molecule has 0 aromatic carbocycles. The summed E-state index contributed by atoms with van der Waals surface area (Å²) in [6, 6.07) is 4.05. The summed E-state index contributed by atoms with van der Waals surface area (Å²) in [4.78, 5) is 20.7. The Morgan fingerprint density at radius 1 is 1.34 bits per heavy atom. The fourth-order valence-electron chi connectivity index (χ4n) is 3.60. The maximum atomic E-state index is 11.9. The van der Waals surface area contributed by atoms with Crippen LogP contribution in [-0.2, 0) is 11.3 Å². The molecule has 0 aliphatic carbocycles. The highest BCUT2D eigenvalue weighted by atomic mass is 16.3. The second-order valence-electron chi connectivity index (χ2n) is 7.60. The number of nitrogens with zero attached hydrogens (tertiary/aromatic N) is 3. The number of nitrogens with two attached hydrogens (primary N) is 1. The topological polar surface area (TPSA) is 82.7 Å². The molecule has 2 unspecified atom stereocenters. The lowest BCUT2D eigenvalue weighted by molar-refractivity contribution is -0.122. The summed E-state index contributed by atoms with van der Waals surface area (Å²) in [7, 11) is 0. The van der Waals surface area contributed by atoms with Crippen molar-refractivity contribution in [3.05, 3.63) is 66.5 Å². The number of rotatable bonds is 11. The van der Waals surface area contributed by atoms with Gasteiger partial charge in [0, 0.05) is 57.6 Å². The minimum atomic E-state index is -0.579. The zero-order valence-corrected chi connectivity index (χ0v) is 17.4. The molecule has 6 heteroatoms. The number of primary amides is 1. The summed E-state index contributed by atoms with van der Waals surface area (Å²) in [5, 5.41) is 10.6. The molecule has 2 rings (SSSR count). The lowest BCUT2D eigenvalue weighted by Gasteiger charge is -2.36. The predicted octanol–water partition coefficient (Wildman–Crippen LogP) is 2.13. The van der Waals surface area contributed by atoms with Crippen molar-refractivity contribution in [1.29, 1.82) is 0 Å². The minimum Gasteiger partial charge on any atom is -0.392 e. The van der Waals surface area contributed by atoms with Crippen molar-refractivity contribution in [2.45, 2.75) is 32.4 Å². The summed E-state index contributed by atoms with van der Waals surface area (Å²) >= 11 is 0. The van der Waals surface area contributed by atoms with Crippen molar-refractivity contribution in [1.82, 2.24) is 14.8 Å². The maximum Gasteiger partial charge on any atom is 0.220 e. The Hall–Kier alpha value is -2.28. The normalized spacial score (nSPS) is 18.6. The number of aliphatic hydroxyl groups excluding tert-OH is 1. The number of piperazine rings is 1. The molecule has 1 saturated heterocycles. The first-order valence-corrected chi connectivity index (χ1v) is 10.3. The third-order valence-electron chi connectivity index (χ3n) is 5.27. The highest BCUT2D eigenvalue weighted by Gasteiger charge is 2.24. The number of β-amino-alcohol motifs (C(OH)–C–C–N with tert-alkyl or cyclic N) is 1. The van der Waals surface area contributed by atoms with Crippen LogP contribution in [0.25, 0.3) is 0 Å². The van der Waals surface area contributed by atoms with Gasteiger partial charge in [0.2, 0.25) is 5.91 Å². The van der Waals surface area contributed by atoms with Crippen LogP contribution < -0.4 is 5.73 Å². The standard InChI is InChI=1S/C23H34N4O2/c1-3-5-7-19(4-2)14-21(23(24)29)15-22(28)18-27-12-10-26(11-13-27)17-20-8-6-9-25-16-20/h3-9,16,21-22,28H,2,10-15,17-18H2,1H3,(H2,24,29)/b5-3-,19-7+. The Labute approximate surface area is 174 Å². The summed E-state index contributed by atoms with van der Waals surface area (Å²) in [5.74, 6) is -0.773. The van der Waals surface area contributed by atoms with E-state index in [-0.39, 0.29) is 5.91 Å². The van der Waals surface area contributed by atoms with Gasteiger partial charge in [-0.2, -0.15) is 0 Å². The highest BCUT2D eigenvalue weighted by Crippen LogP contribution is 2.19. The number of carbonyl (C=O) groups excluding carboxylic acids is 1. The molecule has 2 atom stereocenters. The van der Waals surface area contributed by atoms with E-state index < -0.39 is 12.0 Å². The molecule has 1 aliphatic heterocycles. The fraction of sp³-hybridized carbons (Fsp3) is 0.478. The van der Waals surface area contributed by atoms with Gasteiger partial charge in [-0.1, -0.05) is 36.9 Å². The molecule has 0 saturated carbocycles. The molecule has 29 heavy (non-hydrogen) atoms. The first kappa shape index (κ1) is 23.0. The van der Waals surface area contributed by atoms with E-state index in [1.54, 1.807) is 12.3 Å². The molecule has 0 bridgehead atoms. The molecule has 1 fully saturated rings. The molecule has 1 amide bonds. The predicted molar refractivity (Wildman–Crippen MR) is 117 cm³/mol. The van der Waals surface area contributed by atoms with Crippen molar-refractivity contribution >= 4 is 5.91 Å². The van der Waals surface area contributed by atoms with Crippen LogP contribution in [0.3, 0.4) is 0 Å². The average molecular weight is 399 g/mol. The molecule has 6 nitrogen and oxygen atoms in total. The van der Waals surface area contributed by atoms with Crippen LogP contribution in [0.1, 0.15) is 25.3 Å². The van der Waals surface area contributed by atoms with E-state index in [1.807, 2.05) is 37.4 Å². The number of hydrogen-bond acceptors (Lipinski definition) is 5. The van der Waals surface area contributed by atoms with Gasteiger partial charge in [0.25, 0.3) is 0 Å². The summed E-state index contributed by atoms with van der Waals surface area (Å²) in [5.41, 5.74) is 7.75. The molecule has 0 radical (unpaired) electrons. The smallest absolute Gasteiger partial charge is 0.220 e. The second kappa shape index (κ2) is 12.3. The average Bonchev–Trinajstić information content (AvgIpc) is 2.72. The minimum absolute atomic E-state index is 0.367. The zero-order chi connectivity index (χ0) is 21.1. The van der Waals surface area contributed by atoms with Gasteiger partial charge >= 0.3 is 0 Å². The van der Waals surface area contributed by atoms with E-state index in [0.717, 1.165) is 38.3 Å². The highest BCUT2D eigenvalue weighted by molar-refractivity contribution is 5.77. The van der Waals surface area contributed by atoms with Gasteiger partial charge < -0.3 is 10.8 Å². The molecule has 3 N–H and O–H groups in total. The number of amides is 1. The van der Waals surface area contributed by atoms with Crippen LogP contribution in [0.2, 0.25) is 0 Å². The summed E-state index contributed by atoms with van der Waals surface area (Å²) < 4.78 is 0. The molecule has 1 aliphatic rings. The number of hydrogen-bond donors (Lipinski definition) is 2. The molecule has 2 heterocycles. The number of allylic oxidation sites excluding steroid dienone is 5. The van der Waals surface area contributed by atoms with Crippen LogP contribution in [0, 0.1) is 5.92 Å². The first-order chi connectivity index (χ1) is 14.0. The molecular formula is C23H34N4O2. The third kappa shape index (κ3) is 8.31. The van der Waals surface area contributed by atoms with E-state index >= 15 is 0 Å². The SMILES string of the molecule is C=C/C(=C\C=C/C)CC(CC(O)CN1CCN(Cc2cccnc2)CC1)C(N)=O. The monoisotopic (exact) mass is 398 g/mol. The van der Waals surface area contributed by atoms with Gasteiger partial charge in [0.05, 0.1) is 6.10 Å². The molecule has 1 aromatic rings. The van der Waals surface area contributed by atoms with Crippen LogP contribution in [-0.4, -0.2) is 64.6 Å². The van der Waals surface area contributed by atoms with Gasteiger partial charge in [0.15, 0.2) is 0 Å². The van der Waals surface area contributed by atoms with Gasteiger partial charge in [0.1, 0.15) is 0 Å². The number of pyridine rings is 1. The van der Waals surface area contributed by atoms with Crippen LogP contribution in [0.15, 0.2) is 61.0 Å². The van der Waals surface area contributed by atoms with Crippen LogP contribution in [0.5, 0.6) is 0 Å². The van der Waals surface area contributed by atoms with Crippen LogP contribution >= 0.6 is 0 Å². The Bertz CT molecular complexity index is 694. The molecule has 0 spiro atoms. The number of carbonyl (C=O) groups is 1. The van der Waals surface area contributed by atoms with Crippen molar-refractivity contribution in [3.63, 3.8) is 0 Å². The van der Waals surface area contributed by atoms with Crippen molar-refractivity contribution in [2.24, 2.45) is 11.7 Å². The van der Waals surface area contributed by atoms with E-state index in [2.05, 4.69) is 27.4 Å². The number of aliphatic hydroxyl groups is 1. The van der Waals surface area contributed by atoms with Crippen molar-refractivity contribution in [2.75, 3.05) is 32.7 Å². The lowest BCUT2D eigenvalue weighted by Crippen LogP contribution is -2.48. The van der Waals surface area contributed by atoms with Crippen molar-refractivity contribution < 1.29 is 9.90 Å². The first-order valence-electron chi connectivity index (χ1n) is 10.3. The van der Waals surface area contributed by atoms with Gasteiger partial charge in [-0.3, -0.25) is 19.6 Å². The Balaban J connectivity index is 1.79. The molecule has 1 aromatic heterocycles. The summed E-state index contributed by atoms with van der Waals surface area (Å²) in [6.07, 6.45) is 11.5. The van der Waals surface area contributed by atoms with Gasteiger partial charge in [-0.05, 0) is 37.0 Å². The zero-order valence-electron chi connectivity index (χ0n) is 17.4. The fourth-order valence-corrected chi connectivity index (χ4v) is 3.60. The van der Waals surface area contributed by atoms with E-state index in [0.29, 0.717) is 19.4 Å². The second-order valence-corrected chi connectivity index (χ2v) is 7.60. The van der Waals surface area contributed by atoms with Crippen molar-refractivity contribution in [3.8, 4) is 0 Å². The largest absolute Gasteiger partial charge is 0.392 e. The molecular weight excluding hydrogens is 364 g/mol. The van der Waals surface area contributed by atoms with Crippen LogP contribution in [0.4, 0.5) is 0 Å².